The number of benzene rings is 2. The van der Waals surface area contributed by atoms with Crippen molar-refractivity contribution in [2.24, 2.45) is 0 Å². The highest BCUT2D eigenvalue weighted by atomic mass is 16.5. The zero-order valence-corrected chi connectivity index (χ0v) is 14.9. The third-order valence-corrected chi connectivity index (χ3v) is 3.72. The molecule has 2 amide bonds. The molecule has 132 valence electrons. The molecule has 0 aliphatic heterocycles. The van der Waals surface area contributed by atoms with Crippen molar-refractivity contribution < 1.29 is 9.53 Å². The van der Waals surface area contributed by atoms with Gasteiger partial charge in [-0.05, 0) is 50.6 Å². The molecule has 2 N–H and O–H groups in total. The summed E-state index contributed by atoms with van der Waals surface area (Å²) in [6.07, 6.45) is 0. The van der Waals surface area contributed by atoms with E-state index in [2.05, 4.69) is 20.6 Å². The molecule has 6 heteroatoms. The number of nitrogens with zero attached hydrogens (tertiary/aromatic N) is 2. The van der Waals surface area contributed by atoms with Crippen molar-refractivity contribution in [1.82, 2.24) is 9.97 Å². The van der Waals surface area contributed by atoms with Crippen LogP contribution in [-0.2, 0) is 0 Å². The van der Waals surface area contributed by atoms with Crippen LogP contribution in [0.5, 0.6) is 11.8 Å². The predicted molar refractivity (Wildman–Crippen MR) is 102 cm³/mol. The highest BCUT2D eigenvalue weighted by Crippen LogP contribution is 2.23. The number of hydrogen-bond acceptors (Lipinski definition) is 4. The Labute approximate surface area is 152 Å². The Bertz CT molecular complexity index is 903. The first-order valence-corrected chi connectivity index (χ1v) is 8.24. The smallest absolute Gasteiger partial charge is 0.323 e. The van der Waals surface area contributed by atoms with Gasteiger partial charge in [0.1, 0.15) is 5.75 Å². The Morgan fingerprint density at radius 3 is 2.23 bits per heavy atom. The van der Waals surface area contributed by atoms with Crippen LogP contribution < -0.4 is 15.4 Å². The number of aryl methyl sites for hydroxylation is 3. The molecule has 0 aliphatic rings. The first-order chi connectivity index (χ1) is 12.5. The molecular weight excluding hydrogens is 328 g/mol. The van der Waals surface area contributed by atoms with Crippen LogP contribution in [0.4, 0.5) is 16.2 Å². The fraction of sp³-hybridized carbons (Fsp3) is 0.150. The van der Waals surface area contributed by atoms with Crippen molar-refractivity contribution in [1.29, 1.82) is 0 Å². The third-order valence-electron chi connectivity index (χ3n) is 3.72. The predicted octanol–water partition coefficient (Wildman–Crippen LogP) is 4.84. The quantitative estimate of drug-likeness (QED) is 0.707. The summed E-state index contributed by atoms with van der Waals surface area (Å²) in [5, 5.41) is 5.61. The van der Waals surface area contributed by atoms with Gasteiger partial charge in [-0.1, -0.05) is 30.3 Å². The van der Waals surface area contributed by atoms with Gasteiger partial charge < -0.3 is 15.4 Å². The summed E-state index contributed by atoms with van der Waals surface area (Å²) in [6, 6.07) is 16.8. The molecule has 0 radical (unpaired) electrons. The lowest BCUT2D eigenvalue weighted by Crippen LogP contribution is -2.21. The van der Waals surface area contributed by atoms with Crippen LogP contribution >= 0.6 is 0 Å². The second-order valence-electron chi connectivity index (χ2n) is 5.92. The Kier molecular flexibility index (Phi) is 5.12. The van der Waals surface area contributed by atoms with E-state index in [0.29, 0.717) is 22.8 Å². The number of aromatic nitrogens is 2. The van der Waals surface area contributed by atoms with Gasteiger partial charge in [0.05, 0.1) is 17.1 Å². The van der Waals surface area contributed by atoms with Crippen LogP contribution in [0.25, 0.3) is 0 Å². The van der Waals surface area contributed by atoms with E-state index >= 15 is 0 Å². The minimum absolute atomic E-state index is 0.246. The molecule has 2 aromatic carbocycles. The Hall–Kier alpha value is -3.41. The van der Waals surface area contributed by atoms with Crippen LogP contribution in [0.2, 0.25) is 0 Å². The molecule has 0 aliphatic carbocycles. The fourth-order valence-electron chi connectivity index (χ4n) is 2.50. The lowest BCUT2D eigenvalue weighted by Gasteiger charge is -2.13. The molecular formula is C20H20N4O2. The van der Waals surface area contributed by atoms with Crippen molar-refractivity contribution in [3.05, 3.63) is 71.5 Å². The van der Waals surface area contributed by atoms with Gasteiger partial charge in [-0.3, -0.25) is 0 Å². The minimum Gasteiger partial charge on any atom is -0.424 e. The van der Waals surface area contributed by atoms with E-state index in [1.807, 2.05) is 61.5 Å². The molecule has 0 spiro atoms. The van der Waals surface area contributed by atoms with Crippen LogP contribution in [0, 0.1) is 20.8 Å². The molecule has 0 unspecified atom stereocenters. The van der Waals surface area contributed by atoms with Crippen molar-refractivity contribution in [3.8, 4) is 11.8 Å². The molecule has 26 heavy (non-hydrogen) atoms. The van der Waals surface area contributed by atoms with Gasteiger partial charge in [0.15, 0.2) is 0 Å². The average Bonchev–Trinajstić information content (AvgIpc) is 2.59. The van der Waals surface area contributed by atoms with Gasteiger partial charge in [-0.2, -0.15) is 9.97 Å². The maximum absolute atomic E-state index is 12.3. The number of hydrogen-bond donors (Lipinski definition) is 2. The van der Waals surface area contributed by atoms with Crippen LogP contribution in [0.3, 0.4) is 0 Å². The van der Waals surface area contributed by atoms with E-state index in [1.165, 1.54) is 0 Å². The van der Waals surface area contributed by atoms with Crippen molar-refractivity contribution in [3.63, 3.8) is 0 Å². The molecule has 1 heterocycles. The van der Waals surface area contributed by atoms with Crippen molar-refractivity contribution in [2.45, 2.75) is 20.8 Å². The second-order valence-corrected chi connectivity index (χ2v) is 5.92. The second kappa shape index (κ2) is 7.65. The van der Waals surface area contributed by atoms with Crippen molar-refractivity contribution in [2.75, 3.05) is 10.6 Å². The van der Waals surface area contributed by atoms with E-state index in [9.17, 15) is 4.79 Å². The molecule has 0 bridgehead atoms. The summed E-state index contributed by atoms with van der Waals surface area (Å²) in [5.41, 5.74) is 3.62. The molecule has 0 saturated carbocycles. The van der Waals surface area contributed by atoms with E-state index < -0.39 is 0 Å². The number of anilines is 2. The SMILES string of the molecule is Cc1cccc(NC(=O)Nc2c(C)nc(Oc3ccccc3)nc2C)c1. The van der Waals surface area contributed by atoms with E-state index in [4.69, 9.17) is 4.74 Å². The Balaban J connectivity index is 1.73. The first-order valence-electron chi connectivity index (χ1n) is 8.24. The third kappa shape index (κ3) is 4.36. The van der Waals surface area contributed by atoms with E-state index in [0.717, 1.165) is 11.3 Å². The van der Waals surface area contributed by atoms with Crippen LogP contribution in [-0.4, -0.2) is 16.0 Å². The highest BCUT2D eigenvalue weighted by Gasteiger charge is 2.13. The molecule has 0 saturated heterocycles. The number of nitrogens with one attached hydrogen (secondary N) is 2. The summed E-state index contributed by atoms with van der Waals surface area (Å²) < 4.78 is 5.66. The number of carbonyl (C=O) groups is 1. The molecule has 6 nitrogen and oxygen atoms in total. The molecule has 0 fully saturated rings. The van der Waals surface area contributed by atoms with Gasteiger partial charge in [0, 0.05) is 5.69 Å². The summed E-state index contributed by atoms with van der Waals surface area (Å²) in [4.78, 5) is 20.9. The van der Waals surface area contributed by atoms with Gasteiger partial charge >= 0.3 is 12.0 Å². The van der Waals surface area contributed by atoms with Gasteiger partial charge in [-0.15, -0.1) is 0 Å². The number of amides is 2. The lowest BCUT2D eigenvalue weighted by molar-refractivity contribution is 0.262. The van der Waals surface area contributed by atoms with E-state index in [-0.39, 0.29) is 12.0 Å². The zero-order valence-electron chi connectivity index (χ0n) is 14.9. The number of carbonyl (C=O) groups excluding carboxylic acids is 1. The zero-order chi connectivity index (χ0) is 18.5. The first kappa shape index (κ1) is 17.4. The summed E-state index contributed by atoms with van der Waals surface area (Å²) in [5.74, 6) is 0.657. The standard InChI is InChI=1S/C20H20N4O2/c1-13-8-7-9-16(12-13)23-19(25)24-18-14(2)21-20(22-15(18)3)26-17-10-5-4-6-11-17/h4-12H,1-3H3,(H2,23,24,25). The van der Waals surface area contributed by atoms with E-state index in [1.54, 1.807) is 13.8 Å². The fourth-order valence-corrected chi connectivity index (χ4v) is 2.50. The highest BCUT2D eigenvalue weighted by molar-refractivity contribution is 6.00. The summed E-state index contributed by atoms with van der Waals surface area (Å²) >= 11 is 0. The Morgan fingerprint density at radius 1 is 0.885 bits per heavy atom. The Morgan fingerprint density at radius 2 is 1.58 bits per heavy atom. The van der Waals surface area contributed by atoms with Crippen LogP contribution in [0.1, 0.15) is 17.0 Å². The lowest BCUT2D eigenvalue weighted by atomic mass is 10.2. The van der Waals surface area contributed by atoms with Gasteiger partial charge in [0.25, 0.3) is 0 Å². The largest absolute Gasteiger partial charge is 0.424 e. The summed E-state index contributed by atoms with van der Waals surface area (Å²) in [7, 11) is 0. The number of para-hydroxylation sites is 1. The summed E-state index contributed by atoms with van der Waals surface area (Å²) in [6.45, 7) is 5.57. The topological polar surface area (TPSA) is 76.1 Å². The van der Waals surface area contributed by atoms with Crippen LogP contribution in [0.15, 0.2) is 54.6 Å². The maximum atomic E-state index is 12.3. The number of ether oxygens (including phenoxy) is 1. The maximum Gasteiger partial charge on any atom is 0.323 e. The normalized spacial score (nSPS) is 10.3. The number of rotatable bonds is 4. The molecule has 3 rings (SSSR count). The average molecular weight is 348 g/mol. The monoisotopic (exact) mass is 348 g/mol. The molecule has 1 aromatic heterocycles. The molecule has 3 aromatic rings. The number of urea groups is 1. The van der Waals surface area contributed by atoms with Crippen molar-refractivity contribution >= 4 is 17.4 Å². The molecule has 0 atom stereocenters. The van der Waals surface area contributed by atoms with Gasteiger partial charge in [0.2, 0.25) is 0 Å². The minimum atomic E-state index is -0.345. The van der Waals surface area contributed by atoms with Gasteiger partial charge in [-0.25, -0.2) is 4.79 Å².